The van der Waals surface area contributed by atoms with Crippen molar-refractivity contribution >= 4 is 17.3 Å². The highest BCUT2D eigenvalue weighted by atomic mass is 32.1. The van der Waals surface area contributed by atoms with Gasteiger partial charge in [0.25, 0.3) is 0 Å². The van der Waals surface area contributed by atoms with E-state index < -0.39 is 5.97 Å². The first kappa shape index (κ1) is 10.8. The SMILES string of the molecule is CCc1nc(-c2ccnn2C)sc1C(=O)O. The van der Waals surface area contributed by atoms with Gasteiger partial charge in [-0.15, -0.1) is 11.3 Å². The highest BCUT2D eigenvalue weighted by Gasteiger charge is 2.17. The maximum Gasteiger partial charge on any atom is 0.347 e. The summed E-state index contributed by atoms with van der Waals surface area (Å²) in [5.41, 5.74) is 1.47. The van der Waals surface area contributed by atoms with Crippen molar-refractivity contribution in [3.63, 3.8) is 0 Å². The van der Waals surface area contributed by atoms with Gasteiger partial charge in [0.05, 0.1) is 11.4 Å². The molecule has 0 saturated carbocycles. The largest absolute Gasteiger partial charge is 0.477 e. The van der Waals surface area contributed by atoms with Crippen LogP contribution < -0.4 is 0 Å². The number of carboxylic acid groups (broad SMARTS) is 1. The predicted octanol–water partition coefficient (Wildman–Crippen LogP) is 1.80. The molecule has 2 aromatic rings. The minimum atomic E-state index is -0.914. The summed E-state index contributed by atoms with van der Waals surface area (Å²) in [5, 5.41) is 13.8. The number of aryl methyl sites for hydroxylation is 2. The molecular formula is C10H11N3O2S. The molecular weight excluding hydrogens is 226 g/mol. The van der Waals surface area contributed by atoms with Gasteiger partial charge in [-0.05, 0) is 12.5 Å². The molecule has 0 aliphatic rings. The van der Waals surface area contributed by atoms with E-state index in [9.17, 15) is 4.79 Å². The zero-order valence-corrected chi connectivity index (χ0v) is 9.78. The summed E-state index contributed by atoms with van der Waals surface area (Å²) >= 11 is 1.19. The number of aromatic nitrogens is 3. The van der Waals surface area contributed by atoms with E-state index in [4.69, 9.17) is 5.11 Å². The summed E-state index contributed by atoms with van der Waals surface area (Å²) < 4.78 is 1.68. The third kappa shape index (κ3) is 1.71. The van der Waals surface area contributed by atoms with E-state index in [-0.39, 0.29) is 0 Å². The van der Waals surface area contributed by atoms with Crippen LogP contribution in [0.3, 0.4) is 0 Å². The summed E-state index contributed by atoms with van der Waals surface area (Å²) in [7, 11) is 1.81. The molecule has 0 unspecified atom stereocenters. The maximum absolute atomic E-state index is 11.0. The molecule has 2 aromatic heterocycles. The van der Waals surface area contributed by atoms with Gasteiger partial charge >= 0.3 is 5.97 Å². The van der Waals surface area contributed by atoms with Gasteiger partial charge in [0, 0.05) is 13.2 Å². The average Bonchev–Trinajstić information content (AvgIpc) is 2.82. The van der Waals surface area contributed by atoms with Gasteiger partial charge in [-0.25, -0.2) is 9.78 Å². The van der Waals surface area contributed by atoms with E-state index >= 15 is 0 Å². The summed E-state index contributed by atoms with van der Waals surface area (Å²) in [6.45, 7) is 1.90. The van der Waals surface area contributed by atoms with Crippen LogP contribution in [0.15, 0.2) is 12.3 Å². The Morgan fingerprint density at radius 3 is 2.81 bits per heavy atom. The minimum absolute atomic E-state index is 0.318. The van der Waals surface area contributed by atoms with Crippen molar-refractivity contribution in [2.24, 2.45) is 7.05 Å². The molecule has 0 spiro atoms. The van der Waals surface area contributed by atoms with Crippen molar-refractivity contribution in [3.05, 3.63) is 22.8 Å². The molecule has 0 bridgehead atoms. The number of hydrogen-bond acceptors (Lipinski definition) is 4. The first-order valence-electron chi connectivity index (χ1n) is 4.84. The summed E-state index contributed by atoms with van der Waals surface area (Å²) in [5.74, 6) is -0.914. The van der Waals surface area contributed by atoms with Crippen LogP contribution >= 0.6 is 11.3 Å². The van der Waals surface area contributed by atoms with Gasteiger partial charge in [0.15, 0.2) is 0 Å². The van der Waals surface area contributed by atoms with Crippen molar-refractivity contribution in [1.29, 1.82) is 0 Å². The normalized spacial score (nSPS) is 10.6. The van der Waals surface area contributed by atoms with Crippen LogP contribution in [-0.2, 0) is 13.5 Å². The van der Waals surface area contributed by atoms with Crippen LogP contribution in [0, 0.1) is 0 Å². The van der Waals surface area contributed by atoms with Crippen LogP contribution in [-0.4, -0.2) is 25.8 Å². The van der Waals surface area contributed by atoms with Crippen molar-refractivity contribution in [2.45, 2.75) is 13.3 Å². The van der Waals surface area contributed by atoms with Gasteiger partial charge in [-0.1, -0.05) is 6.92 Å². The smallest absolute Gasteiger partial charge is 0.347 e. The van der Waals surface area contributed by atoms with Crippen LogP contribution in [0.1, 0.15) is 22.3 Å². The highest BCUT2D eigenvalue weighted by molar-refractivity contribution is 7.17. The van der Waals surface area contributed by atoms with E-state index in [1.165, 1.54) is 11.3 Å². The lowest BCUT2D eigenvalue weighted by Crippen LogP contribution is -1.97. The van der Waals surface area contributed by atoms with Gasteiger partial charge in [0.2, 0.25) is 0 Å². The van der Waals surface area contributed by atoms with E-state index in [0.717, 1.165) is 5.69 Å². The van der Waals surface area contributed by atoms with Crippen LogP contribution in [0.5, 0.6) is 0 Å². The molecule has 5 nitrogen and oxygen atoms in total. The zero-order valence-electron chi connectivity index (χ0n) is 8.97. The molecule has 0 radical (unpaired) electrons. The molecule has 16 heavy (non-hydrogen) atoms. The van der Waals surface area contributed by atoms with E-state index in [2.05, 4.69) is 10.1 Å². The van der Waals surface area contributed by atoms with Crippen molar-refractivity contribution in [3.8, 4) is 10.7 Å². The van der Waals surface area contributed by atoms with E-state index in [1.54, 1.807) is 10.9 Å². The monoisotopic (exact) mass is 237 g/mol. The Kier molecular flexibility index (Phi) is 2.74. The molecule has 0 saturated heterocycles. The third-order valence-electron chi connectivity index (χ3n) is 2.27. The summed E-state index contributed by atoms with van der Waals surface area (Å²) in [4.78, 5) is 15.6. The minimum Gasteiger partial charge on any atom is -0.477 e. The molecule has 0 fully saturated rings. The fourth-order valence-corrected chi connectivity index (χ4v) is 2.50. The second-order valence-corrected chi connectivity index (χ2v) is 4.29. The standard InChI is InChI=1S/C10H11N3O2S/c1-3-6-8(10(14)15)16-9(12-6)7-4-5-11-13(7)2/h4-5H,3H2,1-2H3,(H,14,15). The van der Waals surface area contributed by atoms with E-state index in [1.807, 2.05) is 20.0 Å². The number of carbonyl (C=O) groups is 1. The van der Waals surface area contributed by atoms with Crippen molar-refractivity contribution in [2.75, 3.05) is 0 Å². The number of rotatable bonds is 3. The lowest BCUT2D eigenvalue weighted by Gasteiger charge is -1.94. The lowest BCUT2D eigenvalue weighted by molar-refractivity contribution is 0.0701. The Hall–Kier alpha value is -1.69. The van der Waals surface area contributed by atoms with Gasteiger partial charge < -0.3 is 5.11 Å². The lowest BCUT2D eigenvalue weighted by atomic mass is 10.3. The molecule has 0 atom stereocenters. The number of nitrogens with zero attached hydrogens (tertiary/aromatic N) is 3. The van der Waals surface area contributed by atoms with Gasteiger partial charge in [-0.3, -0.25) is 4.68 Å². The first-order chi connectivity index (χ1) is 7.63. The molecule has 84 valence electrons. The molecule has 2 heterocycles. The quantitative estimate of drug-likeness (QED) is 0.883. The predicted molar refractivity (Wildman–Crippen MR) is 60.7 cm³/mol. The van der Waals surface area contributed by atoms with Gasteiger partial charge in [-0.2, -0.15) is 5.10 Å². The second-order valence-electron chi connectivity index (χ2n) is 3.29. The topological polar surface area (TPSA) is 68.0 Å². The summed E-state index contributed by atoms with van der Waals surface area (Å²) in [6.07, 6.45) is 2.29. The number of thiazole rings is 1. The molecule has 2 rings (SSSR count). The van der Waals surface area contributed by atoms with Crippen LogP contribution in [0.4, 0.5) is 0 Å². The van der Waals surface area contributed by atoms with Crippen LogP contribution in [0.2, 0.25) is 0 Å². The molecule has 0 amide bonds. The first-order valence-corrected chi connectivity index (χ1v) is 5.66. The molecule has 0 aliphatic heterocycles. The number of carboxylic acids is 1. The highest BCUT2D eigenvalue weighted by Crippen LogP contribution is 2.27. The fraction of sp³-hybridized carbons (Fsp3) is 0.300. The fourth-order valence-electron chi connectivity index (χ4n) is 1.45. The Balaban J connectivity index is 2.52. The number of hydrogen-bond donors (Lipinski definition) is 1. The van der Waals surface area contributed by atoms with E-state index in [0.29, 0.717) is 22.0 Å². The molecule has 0 aromatic carbocycles. The average molecular weight is 237 g/mol. The van der Waals surface area contributed by atoms with Crippen LogP contribution in [0.25, 0.3) is 10.7 Å². The van der Waals surface area contributed by atoms with Crippen molar-refractivity contribution in [1.82, 2.24) is 14.8 Å². The Bertz CT molecular complexity index is 530. The molecule has 6 heteroatoms. The van der Waals surface area contributed by atoms with Gasteiger partial charge in [0.1, 0.15) is 9.88 Å². The maximum atomic E-state index is 11.0. The summed E-state index contributed by atoms with van der Waals surface area (Å²) in [6, 6.07) is 1.82. The number of aromatic carboxylic acids is 1. The zero-order chi connectivity index (χ0) is 11.7. The Morgan fingerprint density at radius 1 is 1.62 bits per heavy atom. The molecule has 1 N–H and O–H groups in total. The third-order valence-corrected chi connectivity index (χ3v) is 3.37. The second kappa shape index (κ2) is 4.05. The van der Waals surface area contributed by atoms with Crippen molar-refractivity contribution < 1.29 is 9.90 Å². The Labute approximate surface area is 96.4 Å². The Morgan fingerprint density at radius 2 is 2.38 bits per heavy atom. The molecule has 0 aliphatic carbocycles.